The summed E-state index contributed by atoms with van der Waals surface area (Å²) in [4.78, 5) is 14.6. The van der Waals surface area contributed by atoms with E-state index in [9.17, 15) is 13.6 Å². The summed E-state index contributed by atoms with van der Waals surface area (Å²) in [5.41, 5.74) is 1.48. The van der Waals surface area contributed by atoms with Gasteiger partial charge in [-0.3, -0.25) is 9.48 Å². The highest BCUT2D eigenvalue weighted by molar-refractivity contribution is 6.30. The highest BCUT2D eigenvalue weighted by Gasteiger charge is 2.35. The third-order valence-electron chi connectivity index (χ3n) is 5.16. The van der Waals surface area contributed by atoms with Gasteiger partial charge in [0.2, 0.25) is 0 Å². The summed E-state index contributed by atoms with van der Waals surface area (Å²) in [5, 5.41) is 4.42. The van der Waals surface area contributed by atoms with Crippen molar-refractivity contribution < 1.29 is 18.3 Å². The second kappa shape index (κ2) is 9.06. The van der Waals surface area contributed by atoms with Crippen LogP contribution in [0.1, 0.15) is 35.3 Å². The van der Waals surface area contributed by atoms with Gasteiger partial charge in [-0.15, -0.1) is 0 Å². The zero-order valence-corrected chi connectivity index (χ0v) is 17.7. The summed E-state index contributed by atoms with van der Waals surface area (Å²) >= 11 is 5.95. The van der Waals surface area contributed by atoms with E-state index in [1.54, 1.807) is 4.90 Å². The van der Waals surface area contributed by atoms with Gasteiger partial charge in [-0.2, -0.15) is 5.10 Å². The lowest BCUT2D eigenvalue weighted by molar-refractivity contribution is 0.0704. The van der Waals surface area contributed by atoms with E-state index >= 15 is 0 Å². The summed E-state index contributed by atoms with van der Waals surface area (Å²) in [5.74, 6) is 0.245. The van der Waals surface area contributed by atoms with E-state index in [2.05, 4.69) is 5.10 Å². The van der Waals surface area contributed by atoms with Crippen molar-refractivity contribution in [3.63, 3.8) is 0 Å². The molecule has 0 unspecified atom stereocenters. The average Bonchev–Trinajstić information content (AvgIpc) is 3.51. The van der Waals surface area contributed by atoms with Gasteiger partial charge in [-0.25, -0.2) is 8.78 Å². The maximum atomic E-state index is 13.3. The quantitative estimate of drug-likeness (QED) is 0.469. The molecule has 162 valence electrons. The van der Waals surface area contributed by atoms with E-state index in [1.807, 2.05) is 48.5 Å². The van der Waals surface area contributed by atoms with Crippen molar-refractivity contribution in [1.82, 2.24) is 14.7 Å². The molecule has 1 heterocycles. The van der Waals surface area contributed by atoms with Crippen LogP contribution in [0.2, 0.25) is 5.02 Å². The number of carbonyl (C=O) groups excluding carboxylic acids is 1. The third-order valence-corrected chi connectivity index (χ3v) is 5.41. The molecule has 0 radical (unpaired) electrons. The molecule has 0 spiro atoms. The minimum absolute atomic E-state index is 0.0471. The van der Waals surface area contributed by atoms with Gasteiger partial charge in [0.15, 0.2) is 0 Å². The van der Waals surface area contributed by atoms with Crippen molar-refractivity contribution in [3.8, 4) is 16.9 Å². The Hall–Kier alpha value is -2.93. The van der Waals surface area contributed by atoms with Crippen molar-refractivity contribution in [2.75, 3.05) is 13.2 Å². The number of nitrogens with zero attached hydrogens (tertiary/aromatic N) is 3. The lowest BCUT2D eigenvalue weighted by Gasteiger charge is -2.22. The van der Waals surface area contributed by atoms with Gasteiger partial charge < -0.3 is 9.64 Å². The monoisotopic (exact) mass is 445 g/mol. The zero-order chi connectivity index (χ0) is 22.0. The van der Waals surface area contributed by atoms with E-state index in [0.717, 1.165) is 24.0 Å². The van der Waals surface area contributed by atoms with E-state index < -0.39 is 18.0 Å². The van der Waals surface area contributed by atoms with Crippen molar-refractivity contribution in [1.29, 1.82) is 0 Å². The number of amides is 1. The minimum atomic E-state index is -2.80. The van der Waals surface area contributed by atoms with E-state index in [4.69, 9.17) is 16.3 Å². The van der Waals surface area contributed by atoms with Crippen molar-refractivity contribution in [3.05, 3.63) is 71.0 Å². The van der Waals surface area contributed by atoms with Crippen LogP contribution in [0.15, 0.2) is 54.7 Å². The molecule has 1 aliphatic rings. The van der Waals surface area contributed by atoms with Gasteiger partial charge in [0.25, 0.3) is 12.3 Å². The van der Waals surface area contributed by atoms with Crippen LogP contribution < -0.4 is 4.74 Å². The predicted molar refractivity (Wildman–Crippen MR) is 115 cm³/mol. The standard InChI is InChI=1S/C23H22ClF2N3O2/c1-28-14-20(21(27-28)22(25)26)23(30)29(18-9-10-18)11-12-31-19-4-2-3-16(13-19)15-5-7-17(24)8-6-15/h2-8,13-14,18,22H,9-12H2,1H3. The SMILES string of the molecule is Cn1cc(C(=O)N(CCOc2cccc(-c3ccc(Cl)cc3)c2)C2CC2)c(C(F)F)n1. The molecule has 0 saturated heterocycles. The van der Waals surface area contributed by atoms with Gasteiger partial charge >= 0.3 is 0 Å². The molecule has 1 aromatic heterocycles. The Morgan fingerprint density at radius 3 is 2.65 bits per heavy atom. The second-order valence-corrected chi connectivity index (χ2v) is 7.95. The maximum Gasteiger partial charge on any atom is 0.282 e. The Bertz CT molecular complexity index is 1060. The van der Waals surface area contributed by atoms with Gasteiger partial charge in [0.1, 0.15) is 18.1 Å². The summed E-state index contributed by atoms with van der Waals surface area (Å²) in [6, 6.07) is 15.2. The normalized spacial score (nSPS) is 13.5. The second-order valence-electron chi connectivity index (χ2n) is 7.52. The first kappa shape index (κ1) is 21.3. The maximum absolute atomic E-state index is 13.3. The van der Waals surface area contributed by atoms with E-state index in [-0.39, 0.29) is 18.2 Å². The molecule has 0 atom stereocenters. The van der Waals surface area contributed by atoms with Crippen molar-refractivity contribution >= 4 is 17.5 Å². The fourth-order valence-corrected chi connectivity index (χ4v) is 3.62. The Morgan fingerprint density at radius 2 is 1.97 bits per heavy atom. The molecule has 2 aromatic carbocycles. The number of aromatic nitrogens is 2. The first-order valence-electron chi connectivity index (χ1n) is 10.0. The molecule has 3 aromatic rings. The van der Waals surface area contributed by atoms with Crippen LogP contribution in [0.5, 0.6) is 5.75 Å². The summed E-state index contributed by atoms with van der Waals surface area (Å²) in [7, 11) is 1.53. The highest BCUT2D eigenvalue weighted by atomic mass is 35.5. The number of benzene rings is 2. The van der Waals surface area contributed by atoms with Gasteiger partial charge in [0, 0.05) is 24.3 Å². The molecule has 5 nitrogen and oxygen atoms in total. The van der Waals surface area contributed by atoms with Gasteiger partial charge in [-0.05, 0) is 48.2 Å². The Labute approximate surface area is 184 Å². The number of hydrogen-bond donors (Lipinski definition) is 0. The molecule has 0 bridgehead atoms. The fourth-order valence-electron chi connectivity index (χ4n) is 3.49. The number of ether oxygens (including phenoxy) is 1. The molecule has 31 heavy (non-hydrogen) atoms. The largest absolute Gasteiger partial charge is 0.492 e. The van der Waals surface area contributed by atoms with Crippen LogP contribution in [-0.4, -0.2) is 39.8 Å². The topological polar surface area (TPSA) is 47.4 Å². The van der Waals surface area contributed by atoms with E-state index in [1.165, 1.54) is 17.9 Å². The predicted octanol–water partition coefficient (Wildman–Crippen LogP) is 5.36. The molecule has 4 rings (SSSR count). The lowest BCUT2D eigenvalue weighted by atomic mass is 10.1. The minimum Gasteiger partial charge on any atom is -0.492 e. The van der Waals surface area contributed by atoms with Crippen LogP contribution in [0, 0.1) is 0 Å². The summed E-state index contributed by atoms with van der Waals surface area (Å²) in [6.07, 6.45) is 0.285. The molecule has 1 fully saturated rings. The molecular weight excluding hydrogens is 424 g/mol. The van der Waals surface area contributed by atoms with Crippen LogP contribution >= 0.6 is 11.6 Å². The first-order valence-corrected chi connectivity index (χ1v) is 10.4. The van der Waals surface area contributed by atoms with Crippen LogP contribution in [0.25, 0.3) is 11.1 Å². The average molecular weight is 446 g/mol. The first-order chi connectivity index (χ1) is 14.9. The fraction of sp³-hybridized carbons (Fsp3) is 0.304. The number of hydrogen-bond acceptors (Lipinski definition) is 3. The lowest BCUT2D eigenvalue weighted by Crippen LogP contribution is -2.36. The Kier molecular flexibility index (Phi) is 6.23. The van der Waals surface area contributed by atoms with Crippen molar-refractivity contribution in [2.45, 2.75) is 25.3 Å². The van der Waals surface area contributed by atoms with Crippen LogP contribution in [-0.2, 0) is 7.05 Å². The Balaban J connectivity index is 1.43. The molecular formula is C23H22ClF2N3O2. The van der Waals surface area contributed by atoms with Crippen LogP contribution in [0.3, 0.4) is 0 Å². The summed E-state index contributed by atoms with van der Waals surface area (Å²) in [6.45, 7) is 0.572. The summed E-state index contributed by atoms with van der Waals surface area (Å²) < 4.78 is 33.7. The molecule has 0 aliphatic heterocycles. The number of alkyl halides is 2. The van der Waals surface area contributed by atoms with Crippen molar-refractivity contribution in [2.24, 2.45) is 7.05 Å². The molecule has 8 heteroatoms. The molecule has 0 N–H and O–H groups in total. The van der Waals surface area contributed by atoms with Gasteiger partial charge in [0.05, 0.1) is 12.1 Å². The zero-order valence-electron chi connectivity index (χ0n) is 17.0. The number of halogens is 3. The highest BCUT2D eigenvalue weighted by Crippen LogP contribution is 2.31. The molecule has 1 amide bonds. The number of carbonyl (C=O) groups is 1. The molecule has 1 saturated carbocycles. The number of aryl methyl sites for hydroxylation is 1. The molecule has 1 aliphatic carbocycles. The van der Waals surface area contributed by atoms with Crippen LogP contribution in [0.4, 0.5) is 8.78 Å². The smallest absolute Gasteiger partial charge is 0.282 e. The van der Waals surface area contributed by atoms with E-state index in [0.29, 0.717) is 17.3 Å². The third kappa shape index (κ3) is 5.05. The Morgan fingerprint density at radius 1 is 1.23 bits per heavy atom. The van der Waals surface area contributed by atoms with Gasteiger partial charge in [-0.1, -0.05) is 35.9 Å². The number of rotatable bonds is 8.